The normalized spacial score (nSPS) is 13.5. The summed E-state index contributed by atoms with van der Waals surface area (Å²) in [5, 5.41) is 0. The highest BCUT2D eigenvalue weighted by Gasteiger charge is 2.26. The number of hydrogen-bond donors (Lipinski definition) is 2. The number of unbranched alkanes of at least 4 members (excludes halogenated alkanes) is 23. The molecule has 2 atom stereocenters. The van der Waals surface area contributed by atoms with Crippen LogP contribution in [0.5, 0.6) is 0 Å². The van der Waals surface area contributed by atoms with Gasteiger partial charge in [0.15, 0.2) is 6.10 Å². The molecule has 0 saturated carbocycles. The fourth-order valence-electron chi connectivity index (χ4n) is 5.63. The summed E-state index contributed by atoms with van der Waals surface area (Å²) in [4.78, 5) is 34.7. The third kappa shape index (κ3) is 36.3. The molecule has 9 nitrogen and oxygen atoms in total. The lowest BCUT2D eigenvalue weighted by Gasteiger charge is -2.19. The van der Waals surface area contributed by atoms with Gasteiger partial charge in [-0.3, -0.25) is 18.6 Å². The quantitative estimate of drug-likeness (QED) is 0.0277. The van der Waals surface area contributed by atoms with Crippen LogP contribution in [-0.2, 0) is 32.7 Å². The third-order valence-corrected chi connectivity index (χ3v) is 9.64. The second kappa shape index (κ2) is 36.5. The molecule has 0 rings (SSSR count). The molecule has 0 aliphatic heterocycles. The highest BCUT2D eigenvalue weighted by molar-refractivity contribution is 7.47. The van der Waals surface area contributed by atoms with E-state index in [-0.39, 0.29) is 38.6 Å². The van der Waals surface area contributed by atoms with E-state index in [1.165, 1.54) is 109 Å². The smallest absolute Gasteiger partial charge is 0.462 e. The van der Waals surface area contributed by atoms with Crippen LogP contribution >= 0.6 is 7.82 Å². The van der Waals surface area contributed by atoms with Crippen LogP contribution in [0, 0.1) is 0 Å². The van der Waals surface area contributed by atoms with Gasteiger partial charge >= 0.3 is 19.8 Å². The average molecular weight is 718 g/mol. The van der Waals surface area contributed by atoms with Gasteiger partial charge in [0.25, 0.3) is 0 Å². The molecular weight excluding hydrogens is 641 g/mol. The Morgan fingerprint density at radius 2 is 1.00 bits per heavy atom. The molecule has 0 bridgehead atoms. The number of phosphoric acid groups is 1. The SMILES string of the molecule is CCCCCCCC/C=C\CCCCCCCC(=O)OC[C@H](COP(=O)(O)OCCN)OC(=O)CCCCCCCCCCCCCCC. The summed E-state index contributed by atoms with van der Waals surface area (Å²) >= 11 is 0. The fraction of sp³-hybridized carbons (Fsp3) is 0.897. The van der Waals surface area contributed by atoms with Crippen LogP contribution in [0.2, 0.25) is 0 Å². The van der Waals surface area contributed by atoms with E-state index in [1.54, 1.807) is 0 Å². The highest BCUT2D eigenvalue weighted by atomic mass is 31.2. The van der Waals surface area contributed by atoms with Gasteiger partial charge in [-0.05, 0) is 38.5 Å². The van der Waals surface area contributed by atoms with Crippen molar-refractivity contribution < 1.29 is 37.6 Å². The number of carbonyl (C=O) groups excluding carboxylic acids is 2. The molecule has 1 unspecified atom stereocenters. The van der Waals surface area contributed by atoms with Crippen LogP contribution in [0.1, 0.15) is 194 Å². The maximum Gasteiger partial charge on any atom is 0.472 e. The van der Waals surface area contributed by atoms with Crippen LogP contribution in [0.15, 0.2) is 12.2 Å². The van der Waals surface area contributed by atoms with Crippen LogP contribution in [0.3, 0.4) is 0 Å². The zero-order valence-corrected chi connectivity index (χ0v) is 32.6. The van der Waals surface area contributed by atoms with Crippen LogP contribution in [0.25, 0.3) is 0 Å². The van der Waals surface area contributed by atoms with Crippen LogP contribution in [0.4, 0.5) is 0 Å². The first kappa shape index (κ1) is 47.8. The lowest BCUT2D eigenvalue weighted by molar-refractivity contribution is -0.161. The van der Waals surface area contributed by atoms with Crippen molar-refractivity contribution in [2.24, 2.45) is 5.73 Å². The summed E-state index contributed by atoms with van der Waals surface area (Å²) in [6.07, 6.45) is 35.2. The maximum atomic E-state index is 12.5. The molecule has 0 spiro atoms. The zero-order valence-electron chi connectivity index (χ0n) is 31.7. The Labute approximate surface area is 300 Å². The maximum absolute atomic E-state index is 12.5. The number of phosphoric ester groups is 1. The molecule has 0 aromatic carbocycles. The molecule has 290 valence electrons. The monoisotopic (exact) mass is 718 g/mol. The predicted octanol–water partition coefficient (Wildman–Crippen LogP) is 11.1. The molecule has 0 aromatic heterocycles. The van der Waals surface area contributed by atoms with E-state index in [4.69, 9.17) is 24.3 Å². The van der Waals surface area contributed by atoms with Gasteiger partial charge in [0, 0.05) is 19.4 Å². The van der Waals surface area contributed by atoms with Gasteiger partial charge in [0.1, 0.15) is 6.61 Å². The van der Waals surface area contributed by atoms with Crippen molar-refractivity contribution in [2.45, 2.75) is 200 Å². The molecule has 10 heteroatoms. The van der Waals surface area contributed by atoms with E-state index < -0.39 is 26.5 Å². The lowest BCUT2D eigenvalue weighted by atomic mass is 10.0. The topological polar surface area (TPSA) is 134 Å². The molecule has 3 N–H and O–H groups in total. The Balaban J connectivity index is 4.18. The summed E-state index contributed by atoms with van der Waals surface area (Å²) in [5.41, 5.74) is 5.33. The van der Waals surface area contributed by atoms with E-state index in [1.807, 2.05) is 0 Å². The highest BCUT2D eigenvalue weighted by Crippen LogP contribution is 2.43. The van der Waals surface area contributed by atoms with Crippen LogP contribution < -0.4 is 5.73 Å². The third-order valence-electron chi connectivity index (χ3n) is 8.65. The fourth-order valence-corrected chi connectivity index (χ4v) is 6.39. The summed E-state index contributed by atoms with van der Waals surface area (Å²) in [7, 11) is -4.37. The number of allylic oxidation sites excluding steroid dienone is 2. The van der Waals surface area contributed by atoms with Crippen molar-refractivity contribution >= 4 is 19.8 Å². The molecule has 0 amide bonds. The van der Waals surface area contributed by atoms with Crippen molar-refractivity contribution in [3.63, 3.8) is 0 Å². The molecule has 0 saturated heterocycles. The lowest BCUT2D eigenvalue weighted by Crippen LogP contribution is -2.29. The number of nitrogens with two attached hydrogens (primary N) is 1. The van der Waals surface area contributed by atoms with E-state index in [0.717, 1.165) is 51.4 Å². The standard InChI is InChI=1S/C39H76NO8P/c1-3-5-7-9-11-13-15-17-18-20-21-23-25-27-29-31-38(41)45-35-37(36-47-49(43,44)46-34-33-40)48-39(42)32-30-28-26-24-22-19-16-14-12-10-8-6-4-2/h17-18,37H,3-16,19-36,40H2,1-2H3,(H,43,44)/b18-17-/t37-/m1/s1. The Bertz CT molecular complexity index is 825. The molecule has 0 aromatic rings. The molecular formula is C39H76NO8P. The van der Waals surface area contributed by atoms with Crippen molar-refractivity contribution in [2.75, 3.05) is 26.4 Å². The second-order valence-electron chi connectivity index (χ2n) is 13.5. The summed E-state index contributed by atoms with van der Waals surface area (Å²) < 4.78 is 32.7. The second-order valence-corrected chi connectivity index (χ2v) is 15.0. The first-order valence-electron chi connectivity index (χ1n) is 20.2. The van der Waals surface area contributed by atoms with Gasteiger partial charge < -0.3 is 20.1 Å². The van der Waals surface area contributed by atoms with Gasteiger partial charge in [0.2, 0.25) is 0 Å². The van der Waals surface area contributed by atoms with Crippen molar-refractivity contribution in [1.29, 1.82) is 0 Å². The number of rotatable bonds is 38. The van der Waals surface area contributed by atoms with Gasteiger partial charge in [-0.15, -0.1) is 0 Å². The van der Waals surface area contributed by atoms with Crippen LogP contribution in [-0.4, -0.2) is 49.3 Å². The van der Waals surface area contributed by atoms with Crippen molar-refractivity contribution in [3.05, 3.63) is 12.2 Å². The average Bonchev–Trinajstić information content (AvgIpc) is 3.08. The molecule has 0 aliphatic rings. The summed E-state index contributed by atoms with van der Waals surface area (Å²) in [6.45, 7) is 3.73. The van der Waals surface area contributed by atoms with Gasteiger partial charge in [-0.2, -0.15) is 0 Å². The van der Waals surface area contributed by atoms with E-state index >= 15 is 0 Å². The molecule has 0 aliphatic carbocycles. The van der Waals surface area contributed by atoms with Crippen molar-refractivity contribution in [1.82, 2.24) is 0 Å². The van der Waals surface area contributed by atoms with Gasteiger partial charge in [0.05, 0.1) is 13.2 Å². The Morgan fingerprint density at radius 3 is 1.45 bits per heavy atom. The molecule has 0 fully saturated rings. The first-order valence-corrected chi connectivity index (χ1v) is 21.7. The van der Waals surface area contributed by atoms with E-state index in [0.29, 0.717) is 6.42 Å². The summed E-state index contributed by atoms with van der Waals surface area (Å²) in [6, 6.07) is 0. The minimum Gasteiger partial charge on any atom is -0.462 e. The number of hydrogen-bond acceptors (Lipinski definition) is 8. The van der Waals surface area contributed by atoms with Crippen molar-refractivity contribution in [3.8, 4) is 0 Å². The Kier molecular flexibility index (Phi) is 35.6. The Hall–Kier alpha value is -1.25. The predicted molar refractivity (Wildman–Crippen MR) is 201 cm³/mol. The first-order chi connectivity index (χ1) is 23.8. The van der Waals surface area contributed by atoms with E-state index in [9.17, 15) is 19.0 Å². The molecule has 0 radical (unpaired) electrons. The van der Waals surface area contributed by atoms with Gasteiger partial charge in [-0.25, -0.2) is 4.57 Å². The number of carbonyl (C=O) groups is 2. The minimum absolute atomic E-state index is 0.0550. The van der Waals surface area contributed by atoms with Gasteiger partial charge in [-0.1, -0.05) is 154 Å². The number of esters is 2. The Morgan fingerprint density at radius 1 is 0.592 bits per heavy atom. The largest absolute Gasteiger partial charge is 0.472 e. The minimum atomic E-state index is -4.37. The zero-order chi connectivity index (χ0) is 36.1. The van der Waals surface area contributed by atoms with E-state index in [2.05, 4.69) is 26.0 Å². The summed E-state index contributed by atoms with van der Waals surface area (Å²) in [5.74, 6) is -0.831. The number of ether oxygens (including phenoxy) is 2. The molecule has 49 heavy (non-hydrogen) atoms. The molecule has 0 heterocycles.